The smallest absolute Gasteiger partial charge is 0.249 e. The average molecular weight is 289 g/mol. The monoisotopic (exact) mass is 289 g/mol. The maximum atomic E-state index is 11.9. The zero-order valence-corrected chi connectivity index (χ0v) is 11.9. The summed E-state index contributed by atoms with van der Waals surface area (Å²) in [5, 5.41) is 2.87. The highest BCUT2D eigenvalue weighted by Gasteiger charge is 2.24. The summed E-state index contributed by atoms with van der Waals surface area (Å²) in [4.78, 5) is 29.6. The zero-order chi connectivity index (χ0) is 14.7. The zero-order valence-electron chi connectivity index (χ0n) is 11.9. The SMILES string of the molecule is O=C(NCc1ccnc(N2CCCC2=O)c1)C1CCCO1. The van der Waals surface area contributed by atoms with Crippen LogP contribution in [0.3, 0.4) is 0 Å². The molecule has 2 aliphatic rings. The summed E-state index contributed by atoms with van der Waals surface area (Å²) < 4.78 is 5.34. The molecular formula is C15H19N3O3. The van der Waals surface area contributed by atoms with E-state index in [1.54, 1.807) is 11.1 Å². The van der Waals surface area contributed by atoms with E-state index in [0.717, 1.165) is 31.4 Å². The van der Waals surface area contributed by atoms with E-state index in [4.69, 9.17) is 4.74 Å². The van der Waals surface area contributed by atoms with Crippen molar-refractivity contribution < 1.29 is 14.3 Å². The fourth-order valence-electron chi connectivity index (χ4n) is 2.70. The molecule has 21 heavy (non-hydrogen) atoms. The Bertz CT molecular complexity index is 541. The number of rotatable bonds is 4. The first kappa shape index (κ1) is 14.0. The lowest BCUT2D eigenvalue weighted by Crippen LogP contribution is -2.33. The van der Waals surface area contributed by atoms with Crippen molar-refractivity contribution in [2.75, 3.05) is 18.1 Å². The van der Waals surface area contributed by atoms with E-state index >= 15 is 0 Å². The van der Waals surface area contributed by atoms with Crippen LogP contribution in [-0.4, -0.2) is 36.1 Å². The molecule has 2 fully saturated rings. The number of hydrogen-bond donors (Lipinski definition) is 1. The van der Waals surface area contributed by atoms with Crippen LogP contribution in [0, 0.1) is 0 Å². The van der Waals surface area contributed by atoms with Crippen LogP contribution in [0.25, 0.3) is 0 Å². The molecule has 3 rings (SSSR count). The predicted octanol–water partition coefficient (Wildman–Crippen LogP) is 1.00. The van der Waals surface area contributed by atoms with Crippen LogP contribution in [0.5, 0.6) is 0 Å². The fourth-order valence-corrected chi connectivity index (χ4v) is 2.70. The van der Waals surface area contributed by atoms with E-state index in [1.165, 1.54) is 0 Å². The van der Waals surface area contributed by atoms with Crippen LogP contribution in [0.2, 0.25) is 0 Å². The third kappa shape index (κ3) is 3.21. The Morgan fingerprint density at radius 1 is 1.48 bits per heavy atom. The van der Waals surface area contributed by atoms with Crippen LogP contribution < -0.4 is 10.2 Å². The molecule has 2 amide bonds. The summed E-state index contributed by atoms with van der Waals surface area (Å²) in [6.07, 6.45) is 4.55. The van der Waals surface area contributed by atoms with Crippen molar-refractivity contribution >= 4 is 17.6 Å². The molecule has 1 aromatic heterocycles. The molecule has 0 bridgehead atoms. The van der Waals surface area contributed by atoms with E-state index in [-0.39, 0.29) is 17.9 Å². The molecule has 0 saturated carbocycles. The molecule has 0 aromatic carbocycles. The van der Waals surface area contributed by atoms with Gasteiger partial charge in [-0.25, -0.2) is 4.98 Å². The van der Waals surface area contributed by atoms with E-state index in [9.17, 15) is 9.59 Å². The number of aromatic nitrogens is 1. The predicted molar refractivity (Wildman–Crippen MR) is 76.6 cm³/mol. The molecular weight excluding hydrogens is 270 g/mol. The highest BCUT2D eigenvalue weighted by Crippen LogP contribution is 2.19. The first-order chi connectivity index (χ1) is 10.2. The van der Waals surface area contributed by atoms with Crippen molar-refractivity contribution in [3.05, 3.63) is 23.9 Å². The fraction of sp³-hybridized carbons (Fsp3) is 0.533. The summed E-state index contributed by atoms with van der Waals surface area (Å²) in [7, 11) is 0. The van der Waals surface area contributed by atoms with Gasteiger partial charge >= 0.3 is 0 Å². The summed E-state index contributed by atoms with van der Waals surface area (Å²) in [5.41, 5.74) is 0.936. The molecule has 1 N–H and O–H groups in total. The van der Waals surface area contributed by atoms with Gasteiger partial charge in [0.1, 0.15) is 11.9 Å². The van der Waals surface area contributed by atoms with Gasteiger partial charge in [0.15, 0.2) is 0 Å². The highest BCUT2D eigenvalue weighted by molar-refractivity contribution is 5.94. The molecule has 3 heterocycles. The number of carbonyl (C=O) groups excluding carboxylic acids is 2. The van der Waals surface area contributed by atoms with Crippen LogP contribution in [0.15, 0.2) is 18.3 Å². The second-order valence-corrected chi connectivity index (χ2v) is 5.39. The van der Waals surface area contributed by atoms with Crippen LogP contribution in [-0.2, 0) is 20.9 Å². The number of pyridine rings is 1. The number of hydrogen-bond acceptors (Lipinski definition) is 4. The molecule has 1 atom stereocenters. The van der Waals surface area contributed by atoms with Crippen molar-refractivity contribution in [2.45, 2.75) is 38.3 Å². The lowest BCUT2D eigenvalue weighted by Gasteiger charge is -2.15. The Morgan fingerprint density at radius 2 is 2.38 bits per heavy atom. The molecule has 2 aliphatic heterocycles. The van der Waals surface area contributed by atoms with Crippen molar-refractivity contribution in [1.29, 1.82) is 0 Å². The Kier molecular flexibility index (Phi) is 4.15. The molecule has 1 unspecified atom stereocenters. The van der Waals surface area contributed by atoms with Crippen molar-refractivity contribution in [1.82, 2.24) is 10.3 Å². The molecule has 112 valence electrons. The summed E-state index contributed by atoms with van der Waals surface area (Å²) in [5.74, 6) is 0.715. The van der Waals surface area contributed by atoms with E-state index < -0.39 is 0 Å². The molecule has 6 nitrogen and oxygen atoms in total. The minimum atomic E-state index is -0.313. The van der Waals surface area contributed by atoms with Gasteiger partial charge in [-0.05, 0) is 37.0 Å². The quantitative estimate of drug-likeness (QED) is 0.897. The first-order valence-electron chi connectivity index (χ1n) is 7.38. The second kappa shape index (κ2) is 6.22. The standard InChI is InChI=1S/C15H19N3O3/c19-14-4-1-7-18(14)13-9-11(5-6-16-13)10-17-15(20)12-3-2-8-21-12/h5-6,9,12H,1-4,7-8,10H2,(H,17,20). The molecule has 6 heteroatoms. The van der Waals surface area contributed by atoms with E-state index in [2.05, 4.69) is 10.3 Å². The van der Waals surface area contributed by atoms with E-state index in [0.29, 0.717) is 25.4 Å². The normalized spacial score (nSPS) is 21.8. The minimum Gasteiger partial charge on any atom is -0.368 e. The Morgan fingerprint density at radius 3 is 3.10 bits per heavy atom. The topological polar surface area (TPSA) is 71.5 Å². The van der Waals surface area contributed by atoms with Gasteiger partial charge in [-0.2, -0.15) is 0 Å². The van der Waals surface area contributed by atoms with Gasteiger partial charge in [0, 0.05) is 32.3 Å². The summed E-state index contributed by atoms with van der Waals surface area (Å²) >= 11 is 0. The largest absolute Gasteiger partial charge is 0.368 e. The van der Waals surface area contributed by atoms with Crippen molar-refractivity contribution in [2.24, 2.45) is 0 Å². The number of ether oxygens (including phenoxy) is 1. The van der Waals surface area contributed by atoms with Gasteiger partial charge in [-0.3, -0.25) is 14.5 Å². The minimum absolute atomic E-state index is 0.0666. The lowest BCUT2D eigenvalue weighted by molar-refractivity contribution is -0.130. The van der Waals surface area contributed by atoms with Gasteiger partial charge in [0.05, 0.1) is 0 Å². The summed E-state index contributed by atoms with van der Waals surface area (Å²) in [6.45, 7) is 1.81. The third-order valence-corrected chi connectivity index (χ3v) is 3.85. The number of carbonyl (C=O) groups is 2. The van der Waals surface area contributed by atoms with Gasteiger partial charge in [0.25, 0.3) is 0 Å². The molecule has 0 aliphatic carbocycles. The number of amides is 2. The third-order valence-electron chi connectivity index (χ3n) is 3.85. The lowest BCUT2D eigenvalue weighted by atomic mass is 10.2. The summed E-state index contributed by atoms with van der Waals surface area (Å²) in [6, 6.07) is 3.71. The van der Waals surface area contributed by atoms with Crippen LogP contribution in [0.1, 0.15) is 31.2 Å². The number of nitrogens with one attached hydrogen (secondary N) is 1. The van der Waals surface area contributed by atoms with Gasteiger partial charge in [0.2, 0.25) is 11.8 Å². The maximum Gasteiger partial charge on any atom is 0.249 e. The van der Waals surface area contributed by atoms with Gasteiger partial charge < -0.3 is 10.1 Å². The number of anilines is 1. The first-order valence-corrected chi connectivity index (χ1v) is 7.38. The Balaban J connectivity index is 1.60. The second-order valence-electron chi connectivity index (χ2n) is 5.39. The average Bonchev–Trinajstić information content (AvgIpc) is 3.16. The van der Waals surface area contributed by atoms with Crippen molar-refractivity contribution in [3.63, 3.8) is 0 Å². The molecule has 1 aromatic rings. The van der Waals surface area contributed by atoms with Crippen molar-refractivity contribution in [3.8, 4) is 0 Å². The van der Waals surface area contributed by atoms with Crippen LogP contribution >= 0.6 is 0 Å². The maximum absolute atomic E-state index is 11.9. The molecule has 0 spiro atoms. The number of nitrogens with zero attached hydrogens (tertiary/aromatic N) is 2. The van der Waals surface area contributed by atoms with Gasteiger partial charge in [-0.15, -0.1) is 0 Å². The molecule has 0 radical (unpaired) electrons. The van der Waals surface area contributed by atoms with Gasteiger partial charge in [-0.1, -0.05) is 0 Å². The highest BCUT2D eigenvalue weighted by atomic mass is 16.5. The van der Waals surface area contributed by atoms with Crippen LogP contribution in [0.4, 0.5) is 5.82 Å². The van der Waals surface area contributed by atoms with E-state index in [1.807, 2.05) is 12.1 Å². The Labute approximate surface area is 123 Å². The molecule has 2 saturated heterocycles. The Hall–Kier alpha value is -1.95.